The van der Waals surface area contributed by atoms with Crippen molar-refractivity contribution in [2.75, 3.05) is 0 Å². The van der Waals surface area contributed by atoms with Crippen LogP contribution in [-0.4, -0.2) is 25.6 Å². The van der Waals surface area contributed by atoms with Crippen molar-refractivity contribution in [3.63, 3.8) is 0 Å². The first-order chi connectivity index (χ1) is 10.1. The molecule has 0 radical (unpaired) electrons. The fraction of sp³-hybridized carbons (Fsp3) is 0.0625. The molecule has 5 nitrogen and oxygen atoms in total. The maximum absolute atomic E-state index is 11.1. The summed E-state index contributed by atoms with van der Waals surface area (Å²) in [5.41, 5.74) is 2.85. The molecule has 3 aromatic rings. The second-order valence-corrected chi connectivity index (χ2v) is 4.69. The van der Waals surface area contributed by atoms with Crippen LogP contribution in [-0.2, 0) is 0 Å². The zero-order valence-electron chi connectivity index (χ0n) is 11.4. The largest absolute Gasteiger partial charge is 0.478 e. The highest BCUT2D eigenvalue weighted by atomic mass is 16.4. The van der Waals surface area contributed by atoms with Gasteiger partial charge in [0.05, 0.1) is 5.56 Å². The second kappa shape index (κ2) is 5.20. The number of carboxylic acids is 1. The van der Waals surface area contributed by atoms with Crippen LogP contribution < -0.4 is 0 Å². The van der Waals surface area contributed by atoms with Crippen molar-refractivity contribution in [1.29, 1.82) is 0 Å². The Labute approximate surface area is 121 Å². The van der Waals surface area contributed by atoms with Crippen LogP contribution in [0.5, 0.6) is 0 Å². The van der Waals surface area contributed by atoms with Crippen molar-refractivity contribution in [3.05, 3.63) is 66.1 Å². The topological polar surface area (TPSA) is 68.0 Å². The predicted molar refractivity (Wildman–Crippen MR) is 78.5 cm³/mol. The Balaban J connectivity index is 2.08. The van der Waals surface area contributed by atoms with E-state index < -0.39 is 5.97 Å². The Bertz CT molecular complexity index is 791. The number of pyridine rings is 1. The molecule has 2 aromatic heterocycles. The number of hydrogen-bond acceptors (Lipinski definition) is 3. The summed E-state index contributed by atoms with van der Waals surface area (Å²) in [5.74, 6) is -0.367. The van der Waals surface area contributed by atoms with Gasteiger partial charge in [-0.25, -0.2) is 9.78 Å². The minimum absolute atomic E-state index is 0.193. The minimum atomic E-state index is -0.980. The number of carbonyl (C=O) groups is 1. The molecular weight excluding hydrogens is 266 g/mol. The van der Waals surface area contributed by atoms with Crippen LogP contribution >= 0.6 is 0 Å². The van der Waals surface area contributed by atoms with Crippen molar-refractivity contribution in [2.45, 2.75) is 6.92 Å². The molecule has 0 saturated carbocycles. The highest BCUT2D eigenvalue weighted by Gasteiger charge is 2.11. The predicted octanol–water partition coefficient (Wildman–Crippen LogP) is 2.94. The molecular formula is C16H13N3O2. The number of carboxylic acid groups (broad SMARTS) is 1. The monoisotopic (exact) mass is 279 g/mol. The van der Waals surface area contributed by atoms with Crippen LogP contribution in [0.3, 0.4) is 0 Å². The van der Waals surface area contributed by atoms with Gasteiger partial charge in [-0.3, -0.25) is 9.55 Å². The van der Waals surface area contributed by atoms with E-state index in [2.05, 4.69) is 9.97 Å². The van der Waals surface area contributed by atoms with Gasteiger partial charge in [0.2, 0.25) is 0 Å². The fourth-order valence-electron chi connectivity index (χ4n) is 2.09. The number of benzene rings is 1. The molecule has 3 rings (SSSR count). The molecule has 0 atom stereocenters. The van der Waals surface area contributed by atoms with E-state index >= 15 is 0 Å². The molecule has 0 fully saturated rings. The number of imidazole rings is 1. The van der Waals surface area contributed by atoms with Gasteiger partial charge in [-0.2, -0.15) is 0 Å². The Morgan fingerprint density at radius 1 is 1.10 bits per heavy atom. The zero-order valence-corrected chi connectivity index (χ0v) is 11.4. The van der Waals surface area contributed by atoms with Gasteiger partial charge in [0, 0.05) is 24.3 Å². The molecule has 0 unspecified atom stereocenters. The molecule has 5 heteroatoms. The summed E-state index contributed by atoms with van der Waals surface area (Å²) >= 11 is 0. The van der Waals surface area contributed by atoms with Crippen LogP contribution in [0.2, 0.25) is 0 Å². The van der Waals surface area contributed by atoms with Crippen molar-refractivity contribution in [1.82, 2.24) is 14.5 Å². The van der Waals surface area contributed by atoms with Crippen LogP contribution in [0.1, 0.15) is 15.9 Å². The first kappa shape index (κ1) is 13.1. The second-order valence-electron chi connectivity index (χ2n) is 4.69. The van der Waals surface area contributed by atoms with Crippen molar-refractivity contribution >= 4 is 5.97 Å². The zero-order chi connectivity index (χ0) is 14.8. The summed E-state index contributed by atoms with van der Waals surface area (Å²) in [5, 5.41) is 9.07. The van der Waals surface area contributed by atoms with Gasteiger partial charge >= 0.3 is 5.97 Å². The summed E-state index contributed by atoms with van der Waals surface area (Å²) in [6.45, 7) is 2.02. The van der Waals surface area contributed by atoms with E-state index in [4.69, 9.17) is 5.11 Å². The van der Waals surface area contributed by atoms with Gasteiger partial charge in [-0.05, 0) is 31.2 Å². The summed E-state index contributed by atoms with van der Waals surface area (Å²) in [7, 11) is 0. The summed E-state index contributed by atoms with van der Waals surface area (Å²) in [4.78, 5) is 19.6. The molecule has 1 N–H and O–H groups in total. The molecule has 2 heterocycles. The number of hydrogen-bond donors (Lipinski definition) is 1. The van der Waals surface area contributed by atoms with Crippen molar-refractivity contribution in [3.8, 4) is 17.2 Å². The molecule has 104 valence electrons. The van der Waals surface area contributed by atoms with E-state index in [9.17, 15) is 4.79 Å². The van der Waals surface area contributed by atoms with Gasteiger partial charge in [-0.15, -0.1) is 0 Å². The Morgan fingerprint density at radius 3 is 2.57 bits per heavy atom. The molecule has 0 bridgehead atoms. The van der Waals surface area contributed by atoms with E-state index in [0.29, 0.717) is 11.5 Å². The molecule has 0 spiro atoms. The van der Waals surface area contributed by atoms with Crippen LogP contribution in [0.25, 0.3) is 17.2 Å². The fourth-order valence-corrected chi connectivity index (χ4v) is 2.09. The molecule has 0 aliphatic rings. The lowest BCUT2D eigenvalue weighted by atomic mass is 10.2. The third-order valence-corrected chi connectivity index (χ3v) is 3.19. The first-order valence-corrected chi connectivity index (χ1v) is 6.45. The quantitative estimate of drug-likeness (QED) is 0.800. The van der Waals surface area contributed by atoms with E-state index in [1.807, 2.05) is 42.0 Å². The van der Waals surface area contributed by atoms with Gasteiger partial charge in [0.1, 0.15) is 5.69 Å². The molecule has 1 aromatic carbocycles. The molecule has 21 heavy (non-hydrogen) atoms. The van der Waals surface area contributed by atoms with E-state index in [-0.39, 0.29) is 5.56 Å². The highest BCUT2D eigenvalue weighted by molar-refractivity contribution is 5.88. The van der Waals surface area contributed by atoms with Crippen molar-refractivity contribution < 1.29 is 9.90 Å². The standard InChI is InChI=1S/C16H13N3O2/c1-11-2-4-13(5-3-11)19-9-8-18-15(19)14-10-12(16(20)21)6-7-17-14/h2-10H,1H3,(H,20,21). The highest BCUT2D eigenvalue weighted by Crippen LogP contribution is 2.20. The smallest absolute Gasteiger partial charge is 0.335 e. The Hall–Kier alpha value is -2.95. The molecule has 0 saturated heterocycles. The Morgan fingerprint density at radius 2 is 1.86 bits per heavy atom. The Kier molecular flexibility index (Phi) is 3.23. The SMILES string of the molecule is Cc1ccc(-n2ccnc2-c2cc(C(=O)O)ccn2)cc1. The normalized spacial score (nSPS) is 10.5. The molecule has 0 aliphatic carbocycles. The van der Waals surface area contributed by atoms with Gasteiger partial charge in [0.25, 0.3) is 0 Å². The van der Waals surface area contributed by atoms with Gasteiger partial charge in [0.15, 0.2) is 5.82 Å². The maximum atomic E-state index is 11.1. The van der Waals surface area contributed by atoms with Crippen LogP contribution in [0.4, 0.5) is 0 Å². The lowest BCUT2D eigenvalue weighted by Crippen LogP contribution is -2.01. The average molecular weight is 279 g/mol. The number of nitrogens with zero attached hydrogens (tertiary/aromatic N) is 3. The van der Waals surface area contributed by atoms with Crippen molar-refractivity contribution in [2.24, 2.45) is 0 Å². The third-order valence-electron chi connectivity index (χ3n) is 3.19. The number of aryl methyl sites for hydroxylation is 1. The first-order valence-electron chi connectivity index (χ1n) is 6.45. The summed E-state index contributed by atoms with van der Waals surface area (Å²) in [6.07, 6.45) is 4.98. The van der Waals surface area contributed by atoms with Crippen LogP contribution in [0.15, 0.2) is 55.0 Å². The lowest BCUT2D eigenvalue weighted by Gasteiger charge is -2.08. The van der Waals surface area contributed by atoms with E-state index in [1.165, 1.54) is 23.9 Å². The number of aromatic nitrogens is 3. The van der Waals surface area contributed by atoms with E-state index in [1.54, 1.807) is 6.20 Å². The van der Waals surface area contributed by atoms with Crippen LogP contribution in [0, 0.1) is 6.92 Å². The summed E-state index contributed by atoms with van der Waals surface area (Å²) < 4.78 is 1.88. The maximum Gasteiger partial charge on any atom is 0.335 e. The lowest BCUT2D eigenvalue weighted by molar-refractivity contribution is 0.0697. The van der Waals surface area contributed by atoms with Gasteiger partial charge in [-0.1, -0.05) is 17.7 Å². The summed E-state index contributed by atoms with van der Waals surface area (Å²) in [6, 6.07) is 11.0. The third kappa shape index (κ3) is 2.53. The number of rotatable bonds is 3. The minimum Gasteiger partial charge on any atom is -0.478 e. The molecule has 0 aliphatic heterocycles. The number of aromatic carboxylic acids is 1. The van der Waals surface area contributed by atoms with E-state index in [0.717, 1.165) is 5.69 Å². The van der Waals surface area contributed by atoms with Gasteiger partial charge < -0.3 is 5.11 Å². The molecule has 0 amide bonds. The average Bonchev–Trinajstić information content (AvgIpc) is 2.97.